The Labute approximate surface area is 75.7 Å². The zero-order valence-corrected chi connectivity index (χ0v) is 8.29. The standard InChI is InChI=1S/C10H22N2/c1-3-7-5-10(12)8(4-2)6-9(7)11/h7-10H,3-6,11-12H2,1-2H3. The van der Waals surface area contributed by atoms with E-state index in [2.05, 4.69) is 13.8 Å². The van der Waals surface area contributed by atoms with Crippen molar-refractivity contribution in [3.63, 3.8) is 0 Å². The summed E-state index contributed by atoms with van der Waals surface area (Å²) < 4.78 is 0. The molecule has 12 heavy (non-hydrogen) atoms. The van der Waals surface area contributed by atoms with Crippen LogP contribution in [0, 0.1) is 11.8 Å². The summed E-state index contributed by atoms with van der Waals surface area (Å²) in [7, 11) is 0. The molecule has 0 saturated heterocycles. The second-order valence-electron chi connectivity index (χ2n) is 4.14. The zero-order valence-electron chi connectivity index (χ0n) is 8.29. The van der Waals surface area contributed by atoms with Gasteiger partial charge in [0.15, 0.2) is 0 Å². The lowest BCUT2D eigenvalue weighted by Gasteiger charge is -2.37. The first-order chi connectivity index (χ1) is 5.69. The van der Waals surface area contributed by atoms with Crippen LogP contribution in [-0.4, -0.2) is 12.1 Å². The van der Waals surface area contributed by atoms with Gasteiger partial charge in [0, 0.05) is 12.1 Å². The number of rotatable bonds is 2. The molecule has 4 atom stereocenters. The Morgan fingerprint density at radius 3 is 1.50 bits per heavy atom. The van der Waals surface area contributed by atoms with Gasteiger partial charge in [-0.05, 0) is 24.7 Å². The van der Waals surface area contributed by atoms with Crippen molar-refractivity contribution in [3.8, 4) is 0 Å². The van der Waals surface area contributed by atoms with E-state index in [0.717, 1.165) is 12.8 Å². The molecule has 4 N–H and O–H groups in total. The minimum Gasteiger partial charge on any atom is -0.327 e. The third-order valence-electron chi connectivity index (χ3n) is 3.41. The normalized spacial score (nSPS) is 43.0. The van der Waals surface area contributed by atoms with Crippen molar-refractivity contribution in [2.75, 3.05) is 0 Å². The third-order valence-corrected chi connectivity index (χ3v) is 3.41. The summed E-state index contributed by atoms with van der Waals surface area (Å²) in [6, 6.07) is 0.805. The van der Waals surface area contributed by atoms with Gasteiger partial charge in [-0.25, -0.2) is 0 Å². The van der Waals surface area contributed by atoms with Crippen molar-refractivity contribution in [2.24, 2.45) is 23.3 Å². The summed E-state index contributed by atoms with van der Waals surface area (Å²) in [6.07, 6.45) is 4.64. The fourth-order valence-electron chi connectivity index (χ4n) is 2.37. The largest absolute Gasteiger partial charge is 0.327 e. The highest BCUT2D eigenvalue weighted by atomic mass is 14.7. The highest BCUT2D eigenvalue weighted by Gasteiger charge is 2.31. The molecule has 0 aliphatic heterocycles. The van der Waals surface area contributed by atoms with Crippen LogP contribution in [0.4, 0.5) is 0 Å². The van der Waals surface area contributed by atoms with Crippen LogP contribution in [-0.2, 0) is 0 Å². The molecule has 0 spiro atoms. The highest BCUT2D eigenvalue weighted by Crippen LogP contribution is 2.30. The van der Waals surface area contributed by atoms with E-state index < -0.39 is 0 Å². The van der Waals surface area contributed by atoms with E-state index in [9.17, 15) is 0 Å². The predicted octanol–water partition coefficient (Wildman–Crippen LogP) is 1.49. The topological polar surface area (TPSA) is 52.0 Å². The quantitative estimate of drug-likeness (QED) is 0.659. The summed E-state index contributed by atoms with van der Waals surface area (Å²) in [5.41, 5.74) is 12.1. The lowest BCUT2D eigenvalue weighted by Crippen LogP contribution is -2.46. The van der Waals surface area contributed by atoms with Gasteiger partial charge >= 0.3 is 0 Å². The van der Waals surface area contributed by atoms with Crippen molar-refractivity contribution in [1.82, 2.24) is 0 Å². The van der Waals surface area contributed by atoms with Crippen LogP contribution >= 0.6 is 0 Å². The average molecular weight is 170 g/mol. The van der Waals surface area contributed by atoms with Crippen LogP contribution in [0.25, 0.3) is 0 Å². The van der Waals surface area contributed by atoms with Crippen LogP contribution < -0.4 is 11.5 Å². The van der Waals surface area contributed by atoms with Crippen LogP contribution in [0.5, 0.6) is 0 Å². The lowest BCUT2D eigenvalue weighted by atomic mass is 9.74. The Kier molecular flexibility index (Phi) is 3.53. The Morgan fingerprint density at radius 1 is 0.917 bits per heavy atom. The monoisotopic (exact) mass is 170 g/mol. The summed E-state index contributed by atoms with van der Waals surface area (Å²) in [6.45, 7) is 4.42. The molecule has 1 rings (SSSR count). The van der Waals surface area contributed by atoms with Crippen LogP contribution in [0.15, 0.2) is 0 Å². The molecular weight excluding hydrogens is 148 g/mol. The fraction of sp³-hybridized carbons (Fsp3) is 1.00. The smallest absolute Gasteiger partial charge is 0.00708 e. The second-order valence-corrected chi connectivity index (χ2v) is 4.14. The maximum absolute atomic E-state index is 6.06. The third kappa shape index (κ3) is 1.99. The number of hydrogen-bond acceptors (Lipinski definition) is 2. The minimum absolute atomic E-state index is 0.403. The highest BCUT2D eigenvalue weighted by molar-refractivity contribution is 4.88. The molecule has 1 saturated carbocycles. The van der Waals surface area contributed by atoms with Gasteiger partial charge in [0.25, 0.3) is 0 Å². The summed E-state index contributed by atoms with van der Waals surface area (Å²) in [4.78, 5) is 0. The summed E-state index contributed by atoms with van der Waals surface area (Å²) in [5, 5.41) is 0. The van der Waals surface area contributed by atoms with Crippen molar-refractivity contribution < 1.29 is 0 Å². The van der Waals surface area contributed by atoms with E-state index >= 15 is 0 Å². The Bertz CT molecular complexity index is 120. The van der Waals surface area contributed by atoms with E-state index in [0.29, 0.717) is 23.9 Å². The van der Waals surface area contributed by atoms with Gasteiger partial charge in [-0.3, -0.25) is 0 Å². The molecule has 72 valence electrons. The van der Waals surface area contributed by atoms with E-state index in [1.54, 1.807) is 0 Å². The van der Waals surface area contributed by atoms with Gasteiger partial charge in [0.2, 0.25) is 0 Å². The molecule has 0 heterocycles. The molecule has 0 radical (unpaired) electrons. The van der Waals surface area contributed by atoms with Crippen molar-refractivity contribution in [2.45, 2.75) is 51.6 Å². The van der Waals surface area contributed by atoms with Gasteiger partial charge in [0.1, 0.15) is 0 Å². The first-order valence-electron chi connectivity index (χ1n) is 5.20. The molecule has 4 unspecified atom stereocenters. The molecule has 0 amide bonds. The molecule has 1 aliphatic carbocycles. The molecule has 0 aromatic rings. The van der Waals surface area contributed by atoms with Crippen molar-refractivity contribution in [1.29, 1.82) is 0 Å². The molecule has 2 heteroatoms. The molecular formula is C10H22N2. The Hall–Kier alpha value is -0.0800. The van der Waals surface area contributed by atoms with Crippen LogP contribution in [0.3, 0.4) is 0 Å². The maximum atomic E-state index is 6.06. The van der Waals surface area contributed by atoms with Gasteiger partial charge in [0.05, 0.1) is 0 Å². The van der Waals surface area contributed by atoms with Crippen LogP contribution in [0.2, 0.25) is 0 Å². The van der Waals surface area contributed by atoms with E-state index in [4.69, 9.17) is 11.5 Å². The fourth-order valence-corrected chi connectivity index (χ4v) is 2.37. The van der Waals surface area contributed by atoms with Gasteiger partial charge in [-0.2, -0.15) is 0 Å². The van der Waals surface area contributed by atoms with Gasteiger partial charge in [-0.1, -0.05) is 26.7 Å². The zero-order chi connectivity index (χ0) is 9.14. The van der Waals surface area contributed by atoms with Gasteiger partial charge in [-0.15, -0.1) is 0 Å². The molecule has 1 fully saturated rings. The predicted molar refractivity (Wildman–Crippen MR) is 52.7 cm³/mol. The van der Waals surface area contributed by atoms with E-state index in [1.807, 2.05) is 0 Å². The summed E-state index contributed by atoms with van der Waals surface area (Å²) in [5.74, 6) is 1.34. The first-order valence-corrected chi connectivity index (χ1v) is 5.20. The Balaban J connectivity index is 2.49. The first kappa shape index (κ1) is 10.0. The molecule has 0 bridgehead atoms. The number of hydrogen-bond donors (Lipinski definition) is 2. The molecule has 1 aliphatic rings. The lowest BCUT2D eigenvalue weighted by molar-refractivity contribution is 0.197. The van der Waals surface area contributed by atoms with E-state index in [1.165, 1.54) is 12.8 Å². The van der Waals surface area contributed by atoms with Crippen molar-refractivity contribution >= 4 is 0 Å². The Morgan fingerprint density at radius 2 is 1.25 bits per heavy atom. The second kappa shape index (κ2) is 4.24. The maximum Gasteiger partial charge on any atom is 0.00708 e. The molecule has 0 aromatic carbocycles. The summed E-state index contributed by atoms with van der Waals surface area (Å²) >= 11 is 0. The SMILES string of the molecule is CCC1CC(N)C(CC)CC1N. The average Bonchev–Trinajstić information content (AvgIpc) is 2.08. The van der Waals surface area contributed by atoms with E-state index in [-0.39, 0.29) is 0 Å². The van der Waals surface area contributed by atoms with Crippen molar-refractivity contribution in [3.05, 3.63) is 0 Å². The van der Waals surface area contributed by atoms with Gasteiger partial charge < -0.3 is 11.5 Å². The van der Waals surface area contributed by atoms with Crippen LogP contribution in [0.1, 0.15) is 39.5 Å². The number of nitrogens with two attached hydrogens (primary N) is 2. The minimum atomic E-state index is 0.403. The molecule has 2 nitrogen and oxygen atoms in total. The molecule has 0 aromatic heterocycles.